The first kappa shape index (κ1) is 16.3. The first-order valence-corrected chi connectivity index (χ1v) is 8.33. The molecule has 0 heterocycles. The molecule has 0 amide bonds. The Morgan fingerprint density at radius 2 is 2.10 bits per heavy atom. The Kier molecular flexibility index (Phi) is 6.07. The van der Waals surface area contributed by atoms with Crippen molar-refractivity contribution in [1.29, 1.82) is 0 Å². The molecule has 0 bridgehead atoms. The molecule has 0 aromatic heterocycles. The second-order valence-corrected chi connectivity index (χ2v) is 6.18. The maximum Gasteiger partial charge on any atom is 0.119 e. The molecule has 118 valence electrons. The van der Waals surface area contributed by atoms with Gasteiger partial charge < -0.3 is 10.5 Å². The van der Waals surface area contributed by atoms with Gasteiger partial charge in [-0.05, 0) is 49.4 Å². The summed E-state index contributed by atoms with van der Waals surface area (Å²) in [6, 6.07) is 8.85. The van der Waals surface area contributed by atoms with Crippen molar-refractivity contribution < 1.29 is 4.74 Å². The van der Waals surface area contributed by atoms with E-state index in [4.69, 9.17) is 10.5 Å². The van der Waals surface area contributed by atoms with Crippen molar-refractivity contribution in [2.75, 3.05) is 20.2 Å². The molecule has 1 aliphatic rings. The van der Waals surface area contributed by atoms with Crippen molar-refractivity contribution in [3.63, 3.8) is 0 Å². The lowest BCUT2D eigenvalue weighted by Gasteiger charge is -2.39. The Morgan fingerprint density at radius 3 is 2.62 bits per heavy atom. The van der Waals surface area contributed by atoms with Crippen LogP contribution in [0.15, 0.2) is 24.3 Å². The molecule has 0 spiro atoms. The summed E-state index contributed by atoms with van der Waals surface area (Å²) in [6.07, 6.45) is 5.14. The average molecular weight is 290 g/mol. The van der Waals surface area contributed by atoms with Gasteiger partial charge in [-0.15, -0.1) is 0 Å². The molecule has 3 nitrogen and oxygen atoms in total. The van der Waals surface area contributed by atoms with E-state index < -0.39 is 0 Å². The van der Waals surface area contributed by atoms with Gasteiger partial charge in [0.15, 0.2) is 0 Å². The van der Waals surface area contributed by atoms with Crippen molar-refractivity contribution in [2.24, 2.45) is 11.7 Å². The molecule has 2 unspecified atom stereocenters. The molecule has 1 aromatic rings. The number of methoxy groups -OCH3 is 1. The molecule has 2 rings (SSSR count). The highest BCUT2D eigenvalue weighted by molar-refractivity contribution is 5.31. The topological polar surface area (TPSA) is 38.5 Å². The molecular formula is C18H30N2O. The van der Waals surface area contributed by atoms with Crippen LogP contribution in [-0.2, 0) is 0 Å². The van der Waals surface area contributed by atoms with Gasteiger partial charge in [0, 0.05) is 18.6 Å². The Bertz CT molecular complexity index is 431. The predicted molar refractivity (Wildman–Crippen MR) is 88.6 cm³/mol. The van der Waals surface area contributed by atoms with Crippen molar-refractivity contribution in [3.8, 4) is 5.75 Å². The molecule has 21 heavy (non-hydrogen) atoms. The minimum absolute atomic E-state index is 0.164. The maximum absolute atomic E-state index is 6.47. The maximum atomic E-state index is 6.47. The van der Waals surface area contributed by atoms with Gasteiger partial charge in [0.25, 0.3) is 0 Å². The van der Waals surface area contributed by atoms with Crippen LogP contribution in [0.25, 0.3) is 0 Å². The van der Waals surface area contributed by atoms with Crippen LogP contribution in [0.4, 0.5) is 0 Å². The smallest absolute Gasteiger partial charge is 0.119 e. The number of nitrogens with zero attached hydrogens (tertiary/aromatic N) is 1. The lowest BCUT2D eigenvalue weighted by Crippen LogP contribution is -2.43. The lowest BCUT2D eigenvalue weighted by atomic mass is 9.84. The van der Waals surface area contributed by atoms with Gasteiger partial charge in [0.1, 0.15) is 5.75 Å². The van der Waals surface area contributed by atoms with Gasteiger partial charge >= 0.3 is 0 Å². The van der Waals surface area contributed by atoms with E-state index in [1.807, 2.05) is 6.07 Å². The molecule has 1 aliphatic carbocycles. The van der Waals surface area contributed by atoms with Crippen molar-refractivity contribution in [1.82, 2.24) is 4.90 Å². The summed E-state index contributed by atoms with van der Waals surface area (Å²) >= 11 is 0. The van der Waals surface area contributed by atoms with Gasteiger partial charge in [0.2, 0.25) is 0 Å². The molecule has 1 aromatic carbocycles. The first-order valence-electron chi connectivity index (χ1n) is 8.33. The van der Waals surface area contributed by atoms with Crippen LogP contribution in [0.1, 0.15) is 51.1 Å². The van der Waals surface area contributed by atoms with E-state index in [9.17, 15) is 0 Å². The fraction of sp³-hybridized carbons (Fsp3) is 0.667. The Labute approximate surface area is 129 Å². The average Bonchev–Trinajstić information content (AvgIpc) is 2.48. The van der Waals surface area contributed by atoms with Crippen molar-refractivity contribution in [3.05, 3.63) is 29.8 Å². The minimum Gasteiger partial charge on any atom is -0.497 e. The zero-order valence-corrected chi connectivity index (χ0v) is 13.7. The lowest BCUT2D eigenvalue weighted by molar-refractivity contribution is 0.121. The van der Waals surface area contributed by atoms with Crippen LogP contribution in [0.2, 0.25) is 0 Å². The minimum atomic E-state index is 0.164. The van der Waals surface area contributed by atoms with E-state index in [1.54, 1.807) is 7.11 Å². The Balaban J connectivity index is 2.22. The largest absolute Gasteiger partial charge is 0.497 e. The number of ether oxygens (including phenoxy) is 1. The standard InChI is InChI=1S/C18H30N2O/c1-4-17(19)18(15-10-7-11-16(12-15)21-3)20(5-2)13-14-8-6-9-14/h7,10-12,14,17-18H,4-6,8-9,13,19H2,1-3H3. The number of hydrogen-bond acceptors (Lipinski definition) is 3. The highest BCUT2D eigenvalue weighted by atomic mass is 16.5. The molecule has 1 fully saturated rings. The summed E-state index contributed by atoms with van der Waals surface area (Å²) in [5.41, 5.74) is 7.75. The molecule has 0 aliphatic heterocycles. The number of rotatable bonds is 8. The van der Waals surface area contributed by atoms with Crippen LogP contribution in [0.5, 0.6) is 5.75 Å². The fourth-order valence-corrected chi connectivity index (χ4v) is 3.22. The van der Waals surface area contributed by atoms with Gasteiger partial charge in [-0.1, -0.05) is 32.4 Å². The van der Waals surface area contributed by atoms with Gasteiger partial charge in [-0.25, -0.2) is 0 Å². The van der Waals surface area contributed by atoms with Crippen LogP contribution >= 0.6 is 0 Å². The molecular weight excluding hydrogens is 260 g/mol. The summed E-state index contributed by atoms with van der Waals surface area (Å²) in [5.74, 6) is 1.78. The molecule has 3 heteroatoms. The van der Waals surface area contributed by atoms with Crippen LogP contribution < -0.4 is 10.5 Å². The second kappa shape index (κ2) is 7.81. The summed E-state index contributed by atoms with van der Waals surface area (Å²) in [7, 11) is 1.72. The molecule has 2 N–H and O–H groups in total. The van der Waals surface area contributed by atoms with E-state index in [0.29, 0.717) is 0 Å². The zero-order valence-electron chi connectivity index (χ0n) is 13.7. The third-order valence-electron chi connectivity index (χ3n) is 4.83. The Morgan fingerprint density at radius 1 is 1.33 bits per heavy atom. The third-order valence-corrected chi connectivity index (χ3v) is 4.83. The number of hydrogen-bond donors (Lipinski definition) is 1. The van der Waals surface area contributed by atoms with E-state index in [2.05, 4.69) is 36.9 Å². The summed E-state index contributed by atoms with van der Waals surface area (Å²) < 4.78 is 5.39. The fourth-order valence-electron chi connectivity index (χ4n) is 3.22. The molecule has 0 saturated heterocycles. The highest BCUT2D eigenvalue weighted by Gasteiger charge is 2.28. The molecule has 0 radical (unpaired) electrons. The second-order valence-electron chi connectivity index (χ2n) is 6.18. The number of benzene rings is 1. The quantitative estimate of drug-likeness (QED) is 0.795. The van der Waals surface area contributed by atoms with Gasteiger partial charge in [-0.3, -0.25) is 4.90 Å². The molecule has 2 atom stereocenters. The monoisotopic (exact) mass is 290 g/mol. The van der Waals surface area contributed by atoms with E-state index >= 15 is 0 Å². The zero-order chi connectivity index (χ0) is 15.2. The van der Waals surface area contributed by atoms with Crippen LogP contribution in [0.3, 0.4) is 0 Å². The van der Waals surface area contributed by atoms with Crippen molar-refractivity contribution in [2.45, 2.75) is 51.6 Å². The molecule has 1 saturated carbocycles. The SMILES string of the molecule is CCC(N)C(c1cccc(OC)c1)N(CC)CC1CCC1. The van der Waals surface area contributed by atoms with E-state index in [-0.39, 0.29) is 12.1 Å². The summed E-state index contributed by atoms with van der Waals surface area (Å²) in [6.45, 7) is 6.64. The van der Waals surface area contributed by atoms with Gasteiger partial charge in [-0.2, -0.15) is 0 Å². The Hall–Kier alpha value is -1.06. The predicted octanol–water partition coefficient (Wildman–Crippen LogP) is 3.60. The highest BCUT2D eigenvalue weighted by Crippen LogP contribution is 2.33. The third kappa shape index (κ3) is 3.98. The summed E-state index contributed by atoms with van der Waals surface area (Å²) in [4.78, 5) is 2.56. The summed E-state index contributed by atoms with van der Waals surface area (Å²) in [5, 5.41) is 0. The van der Waals surface area contributed by atoms with Gasteiger partial charge in [0.05, 0.1) is 7.11 Å². The van der Waals surface area contributed by atoms with Crippen LogP contribution in [0, 0.1) is 5.92 Å². The van der Waals surface area contributed by atoms with E-state index in [0.717, 1.165) is 24.6 Å². The normalized spacial score (nSPS) is 18.3. The number of likely N-dealkylation sites (N-methyl/N-ethyl adjacent to an activating group) is 1. The number of nitrogens with two attached hydrogens (primary N) is 1. The van der Waals surface area contributed by atoms with Crippen molar-refractivity contribution >= 4 is 0 Å². The van der Waals surface area contributed by atoms with E-state index in [1.165, 1.54) is 31.4 Å². The van der Waals surface area contributed by atoms with Crippen LogP contribution in [-0.4, -0.2) is 31.1 Å². The first-order chi connectivity index (χ1) is 10.2.